The standard InChI is InChI=1S/C21H18O4S2/c1-3-26-21-18(13-7-9-15(23-2)10-8-13)19(22)17(27-21)11-14-5-4-6-16-20(14)25-12-24-16/h4-11H,3,12H2,1-2H3/b17-11-. The molecule has 0 unspecified atom stereocenters. The van der Waals surface area contributed by atoms with Gasteiger partial charge in [-0.25, -0.2) is 0 Å². The molecule has 0 radical (unpaired) electrons. The number of carbonyl (C=O) groups is 1. The second-order valence-electron chi connectivity index (χ2n) is 5.84. The molecule has 2 heterocycles. The molecule has 2 aromatic rings. The Balaban J connectivity index is 1.70. The molecule has 0 spiro atoms. The number of rotatable bonds is 5. The lowest BCUT2D eigenvalue weighted by molar-refractivity contribution is -0.109. The summed E-state index contributed by atoms with van der Waals surface area (Å²) in [6, 6.07) is 13.3. The van der Waals surface area contributed by atoms with E-state index in [0.29, 0.717) is 16.4 Å². The van der Waals surface area contributed by atoms with Gasteiger partial charge in [0.2, 0.25) is 12.6 Å². The molecule has 0 atom stereocenters. The van der Waals surface area contributed by atoms with Gasteiger partial charge in [0.25, 0.3) is 0 Å². The Kier molecular flexibility index (Phi) is 5.18. The quantitative estimate of drug-likeness (QED) is 0.645. The Morgan fingerprint density at radius 2 is 2.00 bits per heavy atom. The highest BCUT2D eigenvalue weighted by atomic mass is 32.2. The zero-order chi connectivity index (χ0) is 18.8. The number of ether oxygens (including phenoxy) is 3. The van der Waals surface area contributed by atoms with Gasteiger partial charge in [-0.3, -0.25) is 4.79 Å². The van der Waals surface area contributed by atoms with Crippen molar-refractivity contribution in [1.82, 2.24) is 0 Å². The van der Waals surface area contributed by atoms with Gasteiger partial charge >= 0.3 is 0 Å². The fraction of sp³-hybridized carbons (Fsp3) is 0.190. The smallest absolute Gasteiger partial charge is 0.231 e. The van der Waals surface area contributed by atoms with Gasteiger partial charge in [0.1, 0.15) is 5.75 Å². The van der Waals surface area contributed by atoms with E-state index in [2.05, 4.69) is 6.92 Å². The largest absolute Gasteiger partial charge is 0.497 e. The lowest BCUT2D eigenvalue weighted by Crippen LogP contribution is -1.99. The van der Waals surface area contributed by atoms with Crippen molar-refractivity contribution in [2.75, 3.05) is 19.7 Å². The number of methoxy groups -OCH3 is 1. The number of para-hydroxylation sites is 1. The fourth-order valence-corrected chi connectivity index (χ4v) is 5.32. The lowest BCUT2D eigenvalue weighted by atomic mass is 10.0. The van der Waals surface area contributed by atoms with Crippen molar-refractivity contribution in [1.29, 1.82) is 0 Å². The first kappa shape index (κ1) is 18.1. The van der Waals surface area contributed by atoms with Gasteiger partial charge in [-0.15, -0.1) is 11.8 Å². The molecule has 138 valence electrons. The van der Waals surface area contributed by atoms with Crippen molar-refractivity contribution in [3.8, 4) is 17.2 Å². The van der Waals surface area contributed by atoms with Gasteiger partial charge in [-0.2, -0.15) is 0 Å². The third-order valence-electron chi connectivity index (χ3n) is 4.23. The van der Waals surface area contributed by atoms with Crippen LogP contribution in [-0.2, 0) is 4.79 Å². The summed E-state index contributed by atoms with van der Waals surface area (Å²) in [6.07, 6.45) is 1.90. The number of hydrogen-bond donors (Lipinski definition) is 0. The van der Waals surface area contributed by atoms with Gasteiger partial charge in [0, 0.05) is 5.56 Å². The van der Waals surface area contributed by atoms with Crippen LogP contribution < -0.4 is 14.2 Å². The van der Waals surface area contributed by atoms with Gasteiger partial charge < -0.3 is 14.2 Å². The summed E-state index contributed by atoms with van der Waals surface area (Å²) in [5, 5.41) is 0. The molecule has 0 aliphatic carbocycles. The highest BCUT2D eigenvalue weighted by Gasteiger charge is 2.31. The lowest BCUT2D eigenvalue weighted by Gasteiger charge is -2.05. The van der Waals surface area contributed by atoms with Crippen molar-refractivity contribution in [2.45, 2.75) is 6.92 Å². The predicted molar refractivity (Wildman–Crippen MR) is 111 cm³/mol. The van der Waals surface area contributed by atoms with E-state index < -0.39 is 0 Å². The molecule has 2 aliphatic heterocycles. The van der Waals surface area contributed by atoms with Crippen LogP contribution in [0.2, 0.25) is 0 Å². The molecule has 0 amide bonds. The monoisotopic (exact) mass is 398 g/mol. The van der Waals surface area contributed by atoms with E-state index in [9.17, 15) is 4.79 Å². The SMILES string of the molecule is CCSC1=C(c2ccc(OC)cc2)C(=O)/C(=C/c2cccc3c2OCO3)S1. The molecular formula is C21H18O4S2. The van der Waals surface area contributed by atoms with Crippen molar-refractivity contribution in [3.05, 3.63) is 62.7 Å². The van der Waals surface area contributed by atoms with Crippen molar-refractivity contribution >= 4 is 41.0 Å². The summed E-state index contributed by atoms with van der Waals surface area (Å²) in [5.41, 5.74) is 2.52. The summed E-state index contributed by atoms with van der Waals surface area (Å²) in [7, 11) is 1.63. The maximum Gasteiger partial charge on any atom is 0.231 e. The first-order chi connectivity index (χ1) is 13.2. The molecule has 4 nitrogen and oxygen atoms in total. The van der Waals surface area contributed by atoms with Gasteiger partial charge in [-0.05, 0) is 35.6 Å². The van der Waals surface area contributed by atoms with Crippen LogP contribution in [0.3, 0.4) is 0 Å². The summed E-state index contributed by atoms with van der Waals surface area (Å²) in [6.45, 7) is 2.30. The molecule has 0 fully saturated rings. The number of benzene rings is 2. The average molecular weight is 399 g/mol. The van der Waals surface area contributed by atoms with E-state index in [1.54, 1.807) is 18.9 Å². The minimum atomic E-state index is 0.0395. The van der Waals surface area contributed by atoms with Crippen LogP contribution in [0.25, 0.3) is 11.6 Å². The number of fused-ring (bicyclic) bond motifs is 1. The minimum absolute atomic E-state index is 0.0395. The number of Topliss-reactive ketones (excluding diaryl/α,β-unsaturated/α-hetero) is 1. The number of hydrogen-bond acceptors (Lipinski definition) is 6. The van der Waals surface area contributed by atoms with Crippen LogP contribution in [0.15, 0.2) is 51.6 Å². The number of thioether (sulfide) groups is 2. The van der Waals surface area contributed by atoms with Crippen LogP contribution in [0.5, 0.6) is 17.2 Å². The van der Waals surface area contributed by atoms with Gasteiger partial charge in [-0.1, -0.05) is 43.0 Å². The summed E-state index contributed by atoms with van der Waals surface area (Å²) >= 11 is 3.21. The molecule has 0 saturated carbocycles. The van der Waals surface area contributed by atoms with Crippen LogP contribution in [0.4, 0.5) is 0 Å². The molecule has 0 saturated heterocycles. The first-order valence-corrected chi connectivity index (χ1v) is 10.4. The molecular weight excluding hydrogens is 380 g/mol. The van der Waals surface area contributed by atoms with Crippen molar-refractivity contribution in [2.24, 2.45) is 0 Å². The highest BCUT2D eigenvalue weighted by molar-refractivity contribution is 8.25. The summed E-state index contributed by atoms with van der Waals surface area (Å²) in [5.74, 6) is 3.13. The Hall–Kier alpha value is -2.31. The Morgan fingerprint density at radius 3 is 2.74 bits per heavy atom. The summed E-state index contributed by atoms with van der Waals surface area (Å²) in [4.78, 5) is 13.9. The molecule has 0 N–H and O–H groups in total. The second kappa shape index (κ2) is 7.74. The topological polar surface area (TPSA) is 44.8 Å². The van der Waals surface area contributed by atoms with Crippen molar-refractivity contribution < 1.29 is 19.0 Å². The van der Waals surface area contributed by atoms with E-state index in [-0.39, 0.29) is 12.6 Å². The number of carbonyl (C=O) groups excluding carboxylic acids is 1. The zero-order valence-electron chi connectivity index (χ0n) is 15.0. The Morgan fingerprint density at radius 1 is 1.19 bits per heavy atom. The highest BCUT2D eigenvalue weighted by Crippen LogP contribution is 2.50. The molecule has 0 bridgehead atoms. The molecule has 2 aromatic carbocycles. The van der Waals surface area contributed by atoms with E-state index in [4.69, 9.17) is 14.2 Å². The molecule has 27 heavy (non-hydrogen) atoms. The Labute approximate surface area is 166 Å². The van der Waals surface area contributed by atoms with E-state index in [1.165, 1.54) is 11.8 Å². The molecule has 4 rings (SSSR count). The fourth-order valence-electron chi connectivity index (χ4n) is 2.96. The third-order valence-corrected chi connectivity index (χ3v) is 6.50. The molecule has 2 aliphatic rings. The molecule has 6 heteroatoms. The third kappa shape index (κ3) is 3.47. The number of ketones is 1. The summed E-state index contributed by atoms with van der Waals surface area (Å²) < 4.78 is 17.3. The van der Waals surface area contributed by atoms with Crippen molar-refractivity contribution in [3.63, 3.8) is 0 Å². The predicted octanol–water partition coefficient (Wildman–Crippen LogP) is 5.20. The van der Waals surface area contributed by atoms with Crippen LogP contribution in [-0.4, -0.2) is 25.4 Å². The van der Waals surface area contributed by atoms with E-state index >= 15 is 0 Å². The first-order valence-electron chi connectivity index (χ1n) is 8.55. The van der Waals surface area contributed by atoms with Crippen LogP contribution >= 0.6 is 23.5 Å². The zero-order valence-corrected chi connectivity index (χ0v) is 16.6. The Bertz CT molecular complexity index is 945. The minimum Gasteiger partial charge on any atom is -0.497 e. The normalized spacial score (nSPS) is 17.1. The van der Waals surface area contributed by atoms with E-state index in [0.717, 1.165) is 32.4 Å². The van der Waals surface area contributed by atoms with Gasteiger partial charge in [0.05, 0.1) is 21.8 Å². The maximum atomic E-state index is 13.2. The molecule has 0 aromatic heterocycles. The van der Waals surface area contributed by atoms with Crippen LogP contribution in [0, 0.1) is 0 Å². The van der Waals surface area contributed by atoms with Crippen LogP contribution in [0.1, 0.15) is 18.1 Å². The van der Waals surface area contributed by atoms with E-state index in [1.807, 2.05) is 48.5 Å². The average Bonchev–Trinajstić information content (AvgIpc) is 3.28. The number of allylic oxidation sites excluding steroid dienone is 2. The maximum absolute atomic E-state index is 13.2. The second-order valence-corrected chi connectivity index (χ2v) is 8.43. The van der Waals surface area contributed by atoms with Gasteiger partial charge in [0.15, 0.2) is 11.5 Å².